The fourth-order valence-electron chi connectivity index (χ4n) is 0.954. The van der Waals surface area contributed by atoms with E-state index in [0.29, 0.717) is 5.37 Å². The van der Waals surface area contributed by atoms with Gasteiger partial charge in [-0.15, -0.1) is 11.8 Å². The van der Waals surface area contributed by atoms with E-state index >= 15 is 0 Å². The van der Waals surface area contributed by atoms with Gasteiger partial charge in [0, 0.05) is 5.25 Å². The minimum absolute atomic E-state index is 0.679. The molecule has 1 nitrogen and oxygen atoms in total. The van der Waals surface area contributed by atoms with Crippen LogP contribution in [0, 0.1) is 0 Å². The van der Waals surface area contributed by atoms with Crippen molar-refractivity contribution in [3.8, 4) is 0 Å². The minimum Gasteiger partial charge on any atom is -0.306 e. The molecular weight excluding hydrogens is 118 g/mol. The van der Waals surface area contributed by atoms with Crippen LogP contribution in [-0.4, -0.2) is 17.2 Å². The fraction of sp³-hybridized carbons (Fsp3) is 1.00. The summed E-state index contributed by atoms with van der Waals surface area (Å²) in [4.78, 5) is 0. The lowest BCUT2D eigenvalue weighted by Crippen LogP contribution is -2.32. The van der Waals surface area contributed by atoms with Gasteiger partial charge in [-0.3, -0.25) is 0 Å². The van der Waals surface area contributed by atoms with Gasteiger partial charge in [0.2, 0.25) is 0 Å². The van der Waals surface area contributed by atoms with Gasteiger partial charge >= 0.3 is 0 Å². The van der Waals surface area contributed by atoms with Gasteiger partial charge in [-0.1, -0.05) is 6.92 Å². The zero-order valence-corrected chi connectivity index (χ0v) is 6.29. The first-order chi connectivity index (χ1) is 3.79. The number of hydrogen-bond donors (Lipinski definition) is 1. The van der Waals surface area contributed by atoms with Crippen molar-refractivity contribution in [1.29, 1.82) is 0 Å². The van der Waals surface area contributed by atoms with Crippen molar-refractivity contribution in [2.75, 3.05) is 6.54 Å². The zero-order valence-electron chi connectivity index (χ0n) is 5.48. The van der Waals surface area contributed by atoms with Gasteiger partial charge in [-0.05, 0) is 19.9 Å². The molecule has 1 N–H and O–H groups in total. The van der Waals surface area contributed by atoms with Crippen LogP contribution in [0.4, 0.5) is 0 Å². The lowest BCUT2D eigenvalue weighted by molar-refractivity contribution is 0.613. The topological polar surface area (TPSA) is 12.0 Å². The molecule has 0 bridgehead atoms. The van der Waals surface area contributed by atoms with Crippen LogP contribution in [0.25, 0.3) is 0 Å². The molecule has 1 heterocycles. The summed E-state index contributed by atoms with van der Waals surface area (Å²) in [7, 11) is 0. The number of hydrogen-bond acceptors (Lipinski definition) is 2. The molecule has 8 heavy (non-hydrogen) atoms. The van der Waals surface area contributed by atoms with E-state index in [1.165, 1.54) is 13.0 Å². The highest BCUT2D eigenvalue weighted by atomic mass is 32.2. The second-order valence-corrected chi connectivity index (χ2v) is 4.12. The van der Waals surface area contributed by atoms with E-state index in [9.17, 15) is 0 Å². The standard InChI is InChI=1S/C6H13NS/c1-5-3-4-7-6(2)8-5/h5-7H,3-4H2,1-2H3/t5-,6+/m0/s1. The molecule has 1 saturated heterocycles. The number of thioether (sulfide) groups is 1. The van der Waals surface area contributed by atoms with E-state index in [2.05, 4.69) is 19.2 Å². The zero-order chi connectivity index (χ0) is 5.98. The van der Waals surface area contributed by atoms with E-state index in [1.807, 2.05) is 11.8 Å². The van der Waals surface area contributed by atoms with Crippen molar-refractivity contribution in [2.45, 2.75) is 30.9 Å². The van der Waals surface area contributed by atoms with Crippen molar-refractivity contribution in [3.63, 3.8) is 0 Å². The van der Waals surface area contributed by atoms with Gasteiger partial charge < -0.3 is 5.32 Å². The van der Waals surface area contributed by atoms with Gasteiger partial charge in [0.1, 0.15) is 0 Å². The normalized spacial score (nSPS) is 39.8. The molecule has 2 heteroatoms. The van der Waals surface area contributed by atoms with E-state index in [0.717, 1.165) is 5.25 Å². The summed E-state index contributed by atoms with van der Waals surface area (Å²) < 4.78 is 0. The lowest BCUT2D eigenvalue weighted by Gasteiger charge is -2.24. The van der Waals surface area contributed by atoms with Crippen LogP contribution in [0.2, 0.25) is 0 Å². The van der Waals surface area contributed by atoms with E-state index in [1.54, 1.807) is 0 Å². The summed E-state index contributed by atoms with van der Waals surface area (Å²) in [5, 5.41) is 4.92. The van der Waals surface area contributed by atoms with E-state index < -0.39 is 0 Å². The Morgan fingerprint density at radius 1 is 1.50 bits per heavy atom. The van der Waals surface area contributed by atoms with Gasteiger partial charge in [0.25, 0.3) is 0 Å². The Hall–Kier alpha value is 0.310. The van der Waals surface area contributed by atoms with Crippen LogP contribution in [0.3, 0.4) is 0 Å². The predicted molar refractivity (Wildman–Crippen MR) is 39.1 cm³/mol. The summed E-state index contributed by atoms with van der Waals surface area (Å²) in [5.74, 6) is 0. The van der Waals surface area contributed by atoms with Gasteiger partial charge in [0.15, 0.2) is 0 Å². The van der Waals surface area contributed by atoms with Crippen LogP contribution in [-0.2, 0) is 0 Å². The summed E-state index contributed by atoms with van der Waals surface area (Å²) in [5.41, 5.74) is 0. The molecule has 0 spiro atoms. The van der Waals surface area contributed by atoms with Crippen molar-refractivity contribution in [2.24, 2.45) is 0 Å². The Balaban J connectivity index is 2.23. The Kier molecular flexibility index (Phi) is 2.20. The third-order valence-corrected chi connectivity index (χ3v) is 2.69. The predicted octanol–water partition coefficient (Wildman–Crippen LogP) is 1.45. The quantitative estimate of drug-likeness (QED) is 0.534. The highest BCUT2D eigenvalue weighted by Crippen LogP contribution is 2.21. The third-order valence-electron chi connectivity index (χ3n) is 1.42. The Morgan fingerprint density at radius 3 is 2.62 bits per heavy atom. The number of rotatable bonds is 0. The third kappa shape index (κ3) is 1.67. The summed E-state index contributed by atoms with van der Waals surface area (Å²) >= 11 is 2.03. The molecule has 48 valence electrons. The maximum atomic E-state index is 3.38. The first-order valence-electron chi connectivity index (χ1n) is 3.18. The average Bonchev–Trinajstić information content (AvgIpc) is 1.64. The van der Waals surface area contributed by atoms with E-state index in [4.69, 9.17) is 0 Å². The molecule has 0 amide bonds. The lowest BCUT2D eigenvalue weighted by atomic mass is 10.3. The maximum Gasteiger partial charge on any atom is 0.0506 e. The molecule has 0 unspecified atom stereocenters. The second kappa shape index (κ2) is 2.74. The second-order valence-electron chi connectivity index (χ2n) is 2.33. The van der Waals surface area contributed by atoms with Crippen LogP contribution < -0.4 is 5.32 Å². The minimum atomic E-state index is 0.679. The molecule has 0 aliphatic carbocycles. The molecule has 0 aromatic rings. The molecule has 0 radical (unpaired) electrons. The molecule has 0 aromatic carbocycles. The first-order valence-corrected chi connectivity index (χ1v) is 4.12. The molecular formula is C6H13NS. The highest BCUT2D eigenvalue weighted by molar-refractivity contribution is 8.00. The van der Waals surface area contributed by atoms with Gasteiger partial charge in [-0.2, -0.15) is 0 Å². The summed E-state index contributed by atoms with van der Waals surface area (Å²) in [6.45, 7) is 5.72. The van der Waals surface area contributed by atoms with Crippen LogP contribution in [0.15, 0.2) is 0 Å². The average molecular weight is 131 g/mol. The van der Waals surface area contributed by atoms with Crippen LogP contribution in [0.5, 0.6) is 0 Å². The fourth-order valence-corrected chi connectivity index (χ4v) is 2.12. The van der Waals surface area contributed by atoms with Gasteiger partial charge in [-0.25, -0.2) is 0 Å². The molecule has 1 fully saturated rings. The molecule has 2 atom stereocenters. The van der Waals surface area contributed by atoms with Gasteiger partial charge in [0.05, 0.1) is 5.37 Å². The molecule has 1 aliphatic rings. The first kappa shape index (κ1) is 6.43. The Morgan fingerprint density at radius 2 is 2.25 bits per heavy atom. The Labute approximate surface area is 55.2 Å². The molecule has 1 aliphatic heterocycles. The van der Waals surface area contributed by atoms with Crippen molar-refractivity contribution in [1.82, 2.24) is 5.32 Å². The largest absolute Gasteiger partial charge is 0.306 e. The molecule has 0 aromatic heterocycles. The monoisotopic (exact) mass is 131 g/mol. The molecule has 1 rings (SSSR count). The summed E-state index contributed by atoms with van der Waals surface area (Å²) in [6, 6.07) is 0. The highest BCUT2D eigenvalue weighted by Gasteiger charge is 2.13. The molecule has 0 saturated carbocycles. The van der Waals surface area contributed by atoms with Crippen molar-refractivity contribution < 1.29 is 0 Å². The maximum absolute atomic E-state index is 3.38. The van der Waals surface area contributed by atoms with Crippen LogP contribution >= 0.6 is 11.8 Å². The van der Waals surface area contributed by atoms with Crippen molar-refractivity contribution in [3.05, 3.63) is 0 Å². The number of nitrogens with one attached hydrogen (secondary N) is 1. The SMILES string of the molecule is C[C@@H]1NCC[C@H](C)S1. The smallest absolute Gasteiger partial charge is 0.0506 e. The van der Waals surface area contributed by atoms with Crippen LogP contribution in [0.1, 0.15) is 20.3 Å². The summed E-state index contributed by atoms with van der Waals surface area (Å²) in [6.07, 6.45) is 1.33. The van der Waals surface area contributed by atoms with Crippen molar-refractivity contribution >= 4 is 11.8 Å². The Bertz CT molecular complexity index is 66.9. The van der Waals surface area contributed by atoms with E-state index in [-0.39, 0.29) is 0 Å².